The van der Waals surface area contributed by atoms with Gasteiger partial charge in [0.2, 0.25) is 0 Å². The van der Waals surface area contributed by atoms with Crippen LogP contribution in [-0.4, -0.2) is 22.8 Å². The second kappa shape index (κ2) is 8.03. The summed E-state index contributed by atoms with van der Waals surface area (Å²) < 4.78 is 6.88. The summed E-state index contributed by atoms with van der Waals surface area (Å²) in [6.07, 6.45) is 0. The van der Waals surface area contributed by atoms with E-state index in [0.717, 1.165) is 5.56 Å². The summed E-state index contributed by atoms with van der Waals surface area (Å²) >= 11 is 12.5. The molecule has 7 heteroatoms. The Balaban J connectivity index is 1.86. The Morgan fingerprint density at radius 2 is 1.85 bits per heavy atom. The van der Waals surface area contributed by atoms with Crippen molar-refractivity contribution in [1.82, 2.24) is 9.78 Å². The summed E-state index contributed by atoms with van der Waals surface area (Å²) in [5.74, 6) is 0.141. The highest BCUT2D eigenvalue weighted by Crippen LogP contribution is 2.29. The van der Waals surface area contributed by atoms with Gasteiger partial charge in [-0.15, -0.1) is 0 Å². The average Bonchev–Trinajstić information content (AvgIpc) is 2.90. The van der Waals surface area contributed by atoms with E-state index < -0.39 is 0 Å². The van der Waals surface area contributed by atoms with Gasteiger partial charge in [0.05, 0.1) is 30.6 Å². The topological polar surface area (TPSA) is 56.1 Å². The van der Waals surface area contributed by atoms with E-state index in [-0.39, 0.29) is 11.1 Å². The highest BCUT2D eigenvalue weighted by molar-refractivity contribution is 6.34. The Morgan fingerprint density at radius 3 is 2.52 bits per heavy atom. The van der Waals surface area contributed by atoms with Gasteiger partial charge in [-0.2, -0.15) is 5.10 Å². The molecule has 3 rings (SSSR count). The van der Waals surface area contributed by atoms with Gasteiger partial charge in [-0.1, -0.05) is 53.0 Å². The Morgan fingerprint density at radius 1 is 1.15 bits per heavy atom. The highest BCUT2D eigenvalue weighted by Gasteiger charge is 2.21. The predicted molar refractivity (Wildman–Crippen MR) is 108 cm³/mol. The van der Waals surface area contributed by atoms with Crippen molar-refractivity contribution in [2.24, 2.45) is 0 Å². The van der Waals surface area contributed by atoms with Gasteiger partial charge in [0.1, 0.15) is 10.9 Å². The molecule has 5 nitrogen and oxygen atoms in total. The highest BCUT2D eigenvalue weighted by atomic mass is 35.5. The van der Waals surface area contributed by atoms with Crippen LogP contribution in [-0.2, 0) is 6.54 Å². The van der Waals surface area contributed by atoms with Crippen LogP contribution in [0, 0.1) is 13.8 Å². The van der Waals surface area contributed by atoms with Crippen LogP contribution in [0.1, 0.15) is 27.2 Å². The molecule has 0 saturated carbocycles. The summed E-state index contributed by atoms with van der Waals surface area (Å²) in [5.41, 5.74) is 3.57. The van der Waals surface area contributed by atoms with Gasteiger partial charge in [-0.25, -0.2) is 4.68 Å². The molecule has 1 N–H and O–H groups in total. The van der Waals surface area contributed by atoms with Crippen LogP contribution in [0.3, 0.4) is 0 Å². The number of hydrogen-bond acceptors (Lipinski definition) is 3. The molecule has 0 spiro atoms. The van der Waals surface area contributed by atoms with E-state index in [9.17, 15) is 4.79 Å². The van der Waals surface area contributed by atoms with E-state index in [4.69, 9.17) is 27.9 Å². The molecule has 0 aliphatic carbocycles. The van der Waals surface area contributed by atoms with Crippen molar-refractivity contribution in [3.63, 3.8) is 0 Å². The predicted octanol–water partition coefficient (Wildman–Crippen LogP) is 5.12. The number of aromatic nitrogens is 2. The maximum Gasteiger partial charge on any atom is 0.260 e. The molecule has 3 aromatic rings. The molecule has 0 atom stereocenters. The molecule has 1 heterocycles. The largest absolute Gasteiger partial charge is 0.495 e. The lowest BCUT2D eigenvalue weighted by Crippen LogP contribution is -2.14. The van der Waals surface area contributed by atoms with E-state index in [1.165, 1.54) is 12.7 Å². The van der Waals surface area contributed by atoms with Gasteiger partial charge in [-0.3, -0.25) is 4.79 Å². The molecule has 0 aliphatic heterocycles. The monoisotopic (exact) mass is 403 g/mol. The molecule has 0 unspecified atom stereocenters. The maximum atomic E-state index is 12.8. The van der Waals surface area contributed by atoms with Crippen LogP contribution in [0.4, 0.5) is 5.69 Å². The zero-order chi connectivity index (χ0) is 19.6. The smallest absolute Gasteiger partial charge is 0.260 e. The number of anilines is 1. The number of benzene rings is 2. The number of rotatable bonds is 5. The van der Waals surface area contributed by atoms with Crippen molar-refractivity contribution in [2.45, 2.75) is 20.4 Å². The number of carbonyl (C=O) groups is 1. The molecule has 2 aromatic carbocycles. The lowest BCUT2D eigenvalue weighted by molar-refractivity contribution is 0.102. The molecule has 0 radical (unpaired) electrons. The molecule has 0 saturated heterocycles. The Hall–Kier alpha value is -2.50. The first-order valence-electron chi connectivity index (χ1n) is 8.32. The Labute approximate surface area is 167 Å². The van der Waals surface area contributed by atoms with Crippen LogP contribution < -0.4 is 10.1 Å². The van der Waals surface area contributed by atoms with Crippen molar-refractivity contribution in [1.29, 1.82) is 0 Å². The minimum absolute atomic E-state index is 0.284. The molecule has 0 bridgehead atoms. The lowest BCUT2D eigenvalue weighted by Gasteiger charge is -2.10. The summed E-state index contributed by atoms with van der Waals surface area (Å²) in [7, 11) is 1.52. The Kier molecular flexibility index (Phi) is 5.73. The third kappa shape index (κ3) is 4.26. The number of halogens is 2. The minimum atomic E-state index is -0.367. The van der Waals surface area contributed by atoms with Crippen molar-refractivity contribution >= 4 is 34.8 Å². The number of amides is 1. The van der Waals surface area contributed by atoms with Gasteiger partial charge >= 0.3 is 0 Å². The van der Waals surface area contributed by atoms with Crippen molar-refractivity contribution in [2.75, 3.05) is 12.4 Å². The number of ether oxygens (including phenoxy) is 1. The van der Waals surface area contributed by atoms with E-state index in [1.54, 1.807) is 29.8 Å². The van der Waals surface area contributed by atoms with Gasteiger partial charge < -0.3 is 10.1 Å². The van der Waals surface area contributed by atoms with Gasteiger partial charge in [0.15, 0.2) is 0 Å². The SMILES string of the molecule is COc1ccc(Cl)cc1NC(=O)c1c(C)nn(Cc2ccc(C)cc2)c1Cl. The molecular formula is C20H19Cl2N3O2. The van der Waals surface area contributed by atoms with Crippen molar-refractivity contribution in [3.8, 4) is 5.75 Å². The van der Waals surface area contributed by atoms with Crippen LogP contribution in [0.25, 0.3) is 0 Å². The van der Waals surface area contributed by atoms with Crippen LogP contribution in [0.15, 0.2) is 42.5 Å². The van der Waals surface area contributed by atoms with Gasteiger partial charge in [0.25, 0.3) is 5.91 Å². The third-order valence-corrected chi connectivity index (χ3v) is 4.77. The van der Waals surface area contributed by atoms with E-state index >= 15 is 0 Å². The molecule has 140 valence electrons. The maximum absolute atomic E-state index is 12.8. The molecular weight excluding hydrogens is 385 g/mol. The van der Waals surface area contributed by atoms with Gasteiger partial charge in [-0.05, 0) is 37.6 Å². The average molecular weight is 404 g/mol. The quantitative estimate of drug-likeness (QED) is 0.643. The van der Waals surface area contributed by atoms with E-state index in [0.29, 0.717) is 34.3 Å². The first kappa shape index (κ1) is 19.3. The fourth-order valence-corrected chi connectivity index (χ4v) is 3.24. The first-order chi connectivity index (χ1) is 12.9. The zero-order valence-electron chi connectivity index (χ0n) is 15.2. The summed E-state index contributed by atoms with van der Waals surface area (Å²) in [5, 5.41) is 7.99. The first-order valence-corrected chi connectivity index (χ1v) is 9.08. The summed E-state index contributed by atoms with van der Waals surface area (Å²) in [6, 6.07) is 13.1. The zero-order valence-corrected chi connectivity index (χ0v) is 16.7. The second-order valence-corrected chi connectivity index (χ2v) is 6.99. The third-order valence-electron chi connectivity index (χ3n) is 4.16. The number of methoxy groups -OCH3 is 1. The normalized spacial score (nSPS) is 10.7. The van der Waals surface area contributed by atoms with E-state index in [1.807, 2.05) is 31.2 Å². The number of nitrogens with zero attached hydrogens (tertiary/aromatic N) is 2. The number of carbonyl (C=O) groups excluding carboxylic acids is 1. The minimum Gasteiger partial charge on any atom is -0.495 e. The fraction of sp³-hybridized carbons (Fsp3) is 0.200. The fourth-order valence-electron chi connectivity index (χ4n) is 2.75. The van der Waals surface area contributed by atoms with Crippen molar-refractivity contribution < 1.29 is 9.53 Å². The molecule has 1 aromatic heterocycles. The van der Waals surface area contributed by atoms with Crippen LogP contribution in [0.2, 0.25) is 10.2 Å². The van der Waals surface area contributed by atoms with Crippen LogP contribution >= 0.6 is 23.2 Å². The summed E-state index contributed by atoms with van der Waals surface area (Å²) in [6.45, 7) is 4.26. The number of aryl methyl sites for hydroxylation is 2. The van der Waals surface area contributed by atoms with Crippen molar-refractivity contribution in [3.05, 3.63) is 75.0 Å². The van der Waals surface area contributed by atoms with E-state index in [2.05, 4.69) is 10.4 Å². The standard InChI is InChI=1S/C20H19Cl2N3O2/c1-12-4-6-14(7-5-12)11-25-19(22)18(13(2)24-25)20(26)23-16-10-15(21)8-9-17(16)27-3/h4-10H,11H2,1-3H3,(H,23,26). The molecule has 0 fully saturated rings. The summed E-state index contributed by atoms with van der Waals surface area (Å²) in [4.78, 5) is 12.8. The van der Waals surface area contributed by atoms with Gasteiger partial charge in [0, 0.05) is 5.02 Å². The number of nitrogens with one attached hydrogen (secondary N) is 1. The lowest BCUT2D eigenvalue weighted by atomic mass is 10.1. The number of hydrogen-bond donors (Lipinski definition) is 1. The Bertz CT molecular complexity index is 982. The van der Waals surface area contributed by atoms with Crippen LogP contribution in [0.5, 0.6) is 5.75 Å². The molecule has 0 aliphatic rings. The molecule has 1 amide bonds. The second-order valence-electron chi connectivity index (χ2n) is 6.19. The molecule has 27 heavy (non-hydrogen) atoms.